The maximum Gasteiger partial charge on any atom is 0.254 e. The molecule has 0 saturated carbocycles. The first-order valence-electron chi connectivity index (χ1n) is 5.90. The Kier molecular flexibility index (Phi) is 5.09. The molecule has 1 rings (SSSR count). The molecule has 0 heterocycles. The summed E-state index contributed by atoms with van der Waals surface area (Å²) in [6.45, 7) is 3.79. The molecule has 0 aliphatic heterocycles. The molecule has 1 aromatic carbocycles. The first-order valence-corrected chi connectivity index (χ1v) is 5.90. The fourth-order valence-electron chi connectivity index (χ4n) is 1.73. The SMILES string of the molecule is CC(C)CC(CO)NC(=O)c1cc(N)ccc1F. The van der Waals surface area contributed by atoms with Crippen LogP contribution in [-0.4, -0.2) is 23.7 Å². The van der Waals surface area contributed by atoms with E-state index in [1.807, 2.05) is 13.8 Å². The number of aliphatic hydroxyl groups excluding tert-OH is 1. The summed E-state index contributed by atoms with van der Waals surface area (Å²) in [5, 5.41) is 11.8. The van der Waals surface area contributed by atoms with Crippen LogP contribution in [0.1, 0.15) is 30.6 Å². The molecule has 1 unspecified atom stereocenters. The van der Waals surface area contributed by atoms with Gasteiger partial charge in [0.05, 0.1) is 18.2 Å². The van der Waals surface area contributed by atoms with E-state index in [4.69, 9.17) is 10.8 Å². The maximum atomic E-state index is 13.5. The van der Waals surface area contributed by atoms with Gasteiger partial charge < -0.3 is 16.2 Å². The summed E-state index contributed by atoms with van der Waals surface area (Å²) in [6, 6.07) is 3.46. The summed E-state index contributed by atoms with van der Waals surface area (Å²) in [7, 11) is 0. The van der Waals surface area contributed by atoms with Gasteiger partial charge in [0.25, 0.3) is 5.91 Å². The van der Waals surface area contributed by atoms with Crippen LogP contribution in [0.2, 0.25) is 0 Å². The molecule has 0 fully saturated rings. The minimum Gasteiger partial charge on any atom is -0.399 e. The quantitative estimate of drug-likeness (QED) is 0.698. The molecule has 0 spiro atoms. The van der Waals surface area contributed by atoms with Crippen molar-refractivity contribution < 1.29 is 14.3 Å². The molecular weight excluding hydrogens is 235 g/mol. The second-order valence-electron chi connectivity index (χ2n) is 4.72. The third kappa shape index (κ3) is 4.00. The predicted octanol–water partition coefficient (Wildman–Crippen LogP) is 1.54. The number of nitrogens with two attached hydrogens (primary N) is 1. The number of nitrogens with one attached hydrogen (secondary N) is 1. The Morgan fingerprint density at radius 3 is 2.72 bits per heavy atom. The standard InChI is InChI=1S/C13H19FN2O2/c1-8(2)5-10(7-17)16-13(18)11-6-9(15)3-4-12(11)14/h3-4,6,8,10,17H,5,7,15H2,1-2H3,(H,16,18). The molecular formula is C13H19FN2O2. The van der Waals surface area contributed by atoms with Crippen LogP contribution in [0.5, 0.6) is 0 Å². The Bertz CT molecular complexity index is 421. The third-order valence-corrected chi connectivity index (χ3v) is 2.55. The molecule has 100 valence electrons. The average molecular weight is 254 g/mol. The van der Waals surface area contributed by atoms with Crippen molar-refractivity contribution in [2.24, 2.45) is 5.92 Å². The van der Waals surface area contributed by atoms with Crippen molar-refractivity contribution in [1.82, 2.24) is 5.32 Å². The molecule has 0 bridgehead atoms. The summed E-state index contributed by atoms with van der Waals surface area (Å²) in [4.78, 5) is 11.9. The molecule has 0 aliphatic rings. The predicted molar refractivity (Wildman–Crippen MR) is 68.6 cm³/mol. The van der Waals surface area contributed by atoms with Gasteiger partial charge in [0.1, 0.15) is 5.82 Å². The number of carbonyl (C=O) groups excluding carboxylic acids is 1. The van der Waals surface area contributed by atoms with Crippen molar-refractivity contribution in [1.29, 1.82) is 0 Å². The fraction of sp³-hybridized carbons (Fsp3) is 0.462. The largest absolute Gasteiger partial charge is 0.399 e. The number of aliphatic hydroxyl groups is 1. The van der Waals surface area contributed by atoms with E-state index in [0.717, 1.165) is 6.07 Å². The molecule has 1 aromatic rings. The smallest absolute Gasteiger partial charge is 0.254 e. The summed E-state index contributed by atoms with van der Waals surface area (Å²) in [5.74, 6) is -0.851. The van der Waals surface area contributed by atoms with Crippen LogP contribution in [0.25, 0.3) is 0 Å². The number of benzene rings is 1. The topological polar surface area (TPSA) is 75.3 Å². The number of anilines is 1. The van der Waals surface area contributed by atoms with Gasteiger partial charge in [0.15, 0.2) is 0 Å². The van der Waals surface area contributed by atoms with Gasteiger partial charge in [-0.1, -0.05) is 13.8 Å². The first-order chi connectivity index (χ1) is 8.43. The maximum absolute atomic E-state index is 13.5. The molecule has 4 N–H and O–H groups in total. The number of halogens is 1. The Hall–Kier alpha value is -1.62. The number of hydrogen-bond acceptors (Lipinski definition) is 3. The summed E-state index contributed by atoms with van der Waals surface area (Å²) < 4.78 is 13.5. The van der Waals surface area contributed by atoms with Crippen molar-refractivity contribution in [2.45, 2.75) is 26.3 Å². The van der Waals surface area contributed by atoms with Crippen molar-refractivity contribution in [3.63, 3.8) is 0 Å². The summed E-state index contributed by atoms with van der Waals surface area (Å²) >= 11 is 0. The van der Waals surface area contributed by atoms with E-state index in [1.54, 1.807) is 0 Å². The number of rotatable bonds is 5. The zero-order chi connectivity index (χ0) is 13.7. The highest BCUT2D eigenvalue weighted by molar-refractivity contribution is 5.95. The van der Waals surface area contributed by atoms with Gasteiger partial charge in [-0.25, -0.2) is 4.39 Å². The number of nitrogen functional groups attached to an aromatic ring is 1. The van der Waals surface area contributed by atoms with Crippen molar-refractivity contribution >= 4 is 11.6 Å². The van der Waals surface area contributed by atoms with Crippen LogP contribution >= 0.6 is 0 Å². The van der Waals surface area contributed by atoms with Crippen LogP contribution in [0.15, 0.2) is 18.2 Å². The van der Waals surface area contributed by atoms with Crippen LogP contribution in [0.4, 0.5) is 10.1 Å². The fourth-order valence-corrected chi connectivity index (χ4v) is 1.73. The molecule has 0 aromatic heterocycles. The number of hydrogen-bond donors (Lipinski definition) is 3. The molecule has 18 heavy (non-hydrogen) atoms. The monoisotopic (exact) mass is 254 g/mol. The molecule has 4 nitrogen and oxygen atoms in total. The van der Waals surface area contributed by atoms with E-state index in [9.17, 15) is 9.18 Å². The van der Waals surface area contributed by atoms with Crippen LogP contribution in [0.3, 0.4) is 0 Å². The Balaban J connectivity index is 2.77. The van der Waals surface area contributed by atoms with Gasteiger partial charge in [-0.2, -0.15) is 0 Å². The van der Waals surface area contributed by atoms with Gasteiger partial charge in [0, 0.05) is 5.69 Å². The van der Waals surface area contributed by atoms with Crippen molar-refractivity contribution in [3.8, 4) is 0 Å². The van der Waals surface area contributed by atoms with Crippen LogP contribution in [0, 0.1) is 11.7 Å². The Morgan fingerprint density at radius 1 is 1.50 bits per heavy atom. The van der Waals surface area contributed by atoms with E-state index in [0.29, 0.717) is 18.0 Å². The summed E-state index contributed by atoms with van der Waals surface area (Å²) in [5.41, 5.74) is 5.74. The molecule has 1 atom stereocenters. The minimum atomic E-state index is -0.622. The normalized spacial score (nSPS) is 12.5. The van der Waals surface area contributed by atoms with E-state index in [1.165, 1.54) is 12.1 Å². The highest BCUT2D eigenvalue weighted by atomic mass is 19.1. The van der Waals surface area contributed by atoms with Crippen molar-refractivity contribution in [3.05, 3.63) is 29.6 Å². The lowest BCUT2D eigenvalue weighted by Gasteiger charge is -2.18. The average Bonchev–Trinajstić information content (AvgIpc) is 2.30. The number of carbonyl (C=O) groups is 1. The van der Waals surface area contributed by atoms with Gasteiger partial charge in [-0.15, -0.1) is 0 Å². The van der Waals surface area contributed by atoms with E-state index < -0.39 is 11.7 Å². The molecule has 0 saturated heterocycles. The van der Waals surface area contributed by atoms with Gasteiger partial charge in [0.2, 0.25) is 0 Å². The van der Waals surface area contributed by atoms with Gasteiger partial charge in [-0.3, -0.25) is 4.79 Å². The second kappa shape index (κ2) is 6.35. The minimum absolute atomic E-state index is 0.0998. The van der Waals surface area contributed by atoms with E-state index in [2.05, 4.69) is 5.32 Å². The zero-order valence-corrected chi connectivity index (χ0v) is 10.6. The summed E-state index contributed by atoms with van der Waals surface area (Å²) in [6.07, 6.45) is 0.631. The first kappa shape index (κ1) is 14.4. The lowest BCUT2D eigenvalue weighted by molar-refractivity contribution is 0.0904. The Morgan fingerprint density at radius 2 is 2.17 bits per heavy atom. The van der Waals surface area contributed by atoms with Crippen molar-refractivity contribution in [2.75, 3.05) is 12.3 Å². The molecule has 0 radical (unpaired) electrons. The van der Waals surface area contributed by atoms with Crippen LogP contribution in [-0.2, 0) is 0 Å². The lowest BCUT2D eigenvalue weighted by Crippen LogP contribution is -2.38. The Labute approximate surface area is 106 Å². The van der Waals surface area contributed by atoms with E-state index >= 15 is 0 Å². The number of amides is 1. The zero-order valence-electron chi connectivity index (χ0n) is 10.6. The lowest BCUT2D eigenvalue weighted by atomic mass is 10.0. The van der Waals surface area contributed by atoms with Crippen LogP contribution < -0.4 is 11.1 Å². The molecule has 1 amide bonds. The van der Waals surface area contributed by atoms with E-state index in [-0.39, 0.29) is 18.2 Å². The van der Waals surface area contributed by atoms with Gasteiger partial charge in [-0.05, 0) is 30.5 Å². The second-order valence-corrected chi connectivity index (χ2v) is 4.72. The molecule has 0 aliphatic carbocycles. The highest BCUT2D eigenvalue weighted by Crippen LogP contribution is 2.13. The third-order valence-electron chi connectivity index (χ3n) is 2.55. The molecule has 5 heteroatoms. The van der Waals surface area contributed by atoms with Gasteiger partial charge >= 0.3 is 0 Å². The highest BCUT2D eigenvalue weighted by Gasteiger charge is 2.17.